The molecule has 0 unspecified atom stereocenters. The first-order chi connectivity index (χ1) is 13.6. The SMILES string of the molecule is O=C(Cc1ccccc1)NN=Cc1cc(N=Nc2cccc(Br)c2)ccc1O. The van der Waals surface area contributed by atoms with Crippen LogP contribution in [0.4, 0.5) is 11.4 Å². The summed E-state index contributed by atoms with van der Waals surface area (Å²) in [6, 6.07) is 21.6. The Balaban J connectivity index is 1.64. The van der Waals surface area contributed by atoms with Gasteiger partial charge in [-0.15, -0.1) is 0 Å². The number of hydrogen-bond donors (Lipinski definition) is 2. The third-order valence-corrected chi connectivity index (χ3v) is 4.19. The van der Waals surface area contributed by atoms with Gasteiger partial charge in [-0.2, -0.15) is 15.3 Å². The van der Waals surface area contributed by atoms with Crippen LogP contribution in [0, 0.1) is 0 Å². The molecular formula is C21H17BrN4O2. The number of benzene rings is 3. The number of nitrogens with one attached hydrogen (secondary N) is 1. The van der Waals surface area contributed by atoms with Crippen molar-refractivity contribution in [3.05, 3.63) is 88.4 Å². The quantitative estimate of drug-likeness (QED) is 0.313. The van der Waals surface area contributed by atoms with E-state index in [0.717, 1.165) is 10.0 Å². The molecule has 0 bridgehead atoms. The lowest BCUT2D eigenvalue weighted by molar-refractivity contribution is -0.120. The summed E-state index contributed by atoms with van der Waals surface area (Å²) in [5.74, 6) is -0.213. The maximum absolute atomic E-state index is 11.9. The van der Waals surface area contributed by atoms with Crippen molar-refractivity contribution in [2.75, 3.05) is 0 Å². The molecule has 0 heterocycles. The van der Waals surface area contributed by atoms with Gasteiger partial charge >= 0.3 is 0 Å². The van der Waals surface area contributed by atoms with Crippen molar-refractivity contribution in [2.24, 2.45) is 15.3 Å². The number of rotatable bonds is 6. The van der Waals surface area contributed by atoms with E-state index in [4.69, 9.17) is 0 Å². The lowest BCUT2D eigenvalue weighted by atomic mass is 10.1. The number of phenolic OH excluding ortho intramolecular Hbond substituents is 1. The molecular weight excluding hydrogens is 420 g/mol. The molecule has 0 radical (unpaired) electrons. The van der Waals surface area contributed by atoms with Crippen LogP contribution in [-0.2, 0) is 11.2 Å². The molecule has 0 aliphatic heterocycles. The summed E-state index contributed by atoms with van der Waals surface area (Å²) in [6.07, 6.45) is 1.60. The number of hydrazone groups is 1. The first kappa shape index (κ1) is 19.4. The third-order valence-electron chi connectivity index (χ3n) is 3.70. The summed E-state index contributed by atoms with van der Waals surface area (Å²) in [5, 5.41) is 22.2. The normalized spacial score (nSPS) is 11.2. The van der Waals surface area contributed by atoms with Gasteiger partial charge in [0.1, 0.15) is 5.75 Å². The first-order valence-electron chi connectivity index (χ1n) is 8.46. The van der Waals surface area contributed by atoms with Crippen molar-refractivity contribution in [1.29, 1.82) is 0 Å². The number of carbonyl (C=O) groups is 1. The predicted molar refractivity (Wildman–Crippen MR) is 112 cm³/mol. The molecule has 7 heteroatoms. The van der Waals surface area contributed by atoms with Crippen molar-refractivity contribution < 1.29 is 9.90 Å². The summed E-state index contributed by atoms with van der Waals surface area (Å²) in [6.45, 7) is 0. The number of aromatic hydroxyl groups is 1. The minimum atomic E-state index is -0.243. The van der Waals surface area contributed by atoms with E-state index in [2.05, 4.69) is 36.7 Å². The second-order valence-corrected chi connectivity index (χ2v) is 6.79. The van der Waals surface area contributed by atoms with Gasteiger partial charge in [-0.05, 0) is 42.0 Å². The molecule has 3 aromatic rings. The average Bonchev–Trinajstić information content (AvgIpc) is 2.69. The maximum Gasteiger partial charge on any atom is 0.244 e. The van der Waals surface area contributed by atoms with Crippen molar-refractivity contribution in [3.8, 4) is 5.75 Å². The van der Waals surface area contributed by atoms with Crippen LogP contribution in [0.3, 0.4) is 0 Å². The molecule has 0 atom stereocenters. The summed E-state index contributed by atoms with van der Waals surface area (Å²) >= 11 is 3.38. The van der Waals surface area contributed by atoms with Crippen molar-refractivity contribution in [3.63, 3.8) is 0 Å². The second-order valence-electron chi connectivity index (χ2n) is 5.88. The lowest BCUT2D eigenvalue weighted by Gasteiger charge is -2.02. The van der Waals surface area contributed by atoms with Gasteiger partial charge in [-0.3, -0.25) is 4.79 Å². The molecule has 0 aliphatic rings. The molecule has 3 aromatic carbocycles. The van der Waals surface area contributed by atoms with Crippen LogP contribution in [0.25, 0.3) is 0 Å². The molecule has 0 saturated heterocycles. The van der Waals surface area contributed by atoms with Crippen LogP contribution < -0.4 is 5.43 Å². The standard InChI is InChI=1S/C21H17BrN4O2/c22-17-7-4-8-18(13-17)24-25-19-9-10-20(27)16(12-19)14-23-26-21(28)11-15-5-2-1-3-6-15/h1-10,12-14,27H,11H2,(H,26,28). The van der Waals surface area contributed by atoms with E-state index in [9.17, 15) is 9.90 Å². The zero-order valence-corrected chi connectivity index (χ0v) is 16.4. The minimum Gasteiger partial charge on any atom is -0.507 e. The summed E-state index contributed by atoms with van der Waals surface area (Å²) < 4.78 is 0.911. The molecule has 0 aromatic heterocycles. The molecule has 28 heavy (non-hydrogen) atoms. The number of carbonyl (C=O) groups excluding carboxylic acids is 1. The Kier molecular flexibility index (Phi) is 6.64. The molecule has 1 amide bonds. The lowest BCUT2D eigenvalue weighted by Crippen LogP contribution is -2.19. The number of nitrogens with zero attached hydrogens (tertiary/aromatic N) is 3. The largest absolute Gasteiger partial charge is 0.507 e. The van der Waals surface area contributed by atoms with E-state index < -0.39 is 0 Å². The number of phenols is 1. The highest BCUT2D eigenvalue weighted by atomic mass is 79.9. The van der Waals surface area contributed by atoms with Gasteiger partial charge in [-0.1, -0.05) is 52.3 Å². The van der Waals surface area contributed by atoms with Crippen LogP contribution in [0.1, 0.15) is 11.1 Å². The Labute approximate surface area is 170 Å². The molecule has 6 nitrogen and oxygen atoms in total. The zero-order valence-electron chi connectivity index (χ0n) is 14.8. The van der Waals surface area contributed by atoms with Gasteiger partial charge in [0, 0.05) is 10.0 Å². The number of hydrogen-bond acceptors (Lipinski definition) is 5. The van der Waals surface area contributed by atoms with E-state index in [0.29, 0.717) is 16.9 Å². The highest BCUT2D eigenvalue weighted by Crippen LogP contribution is 2.25. The maximum atomic E-state index is 11.9. The molecule has 0 aliphatic carbocycles. The fourth-order valence-electron chi connectivity index (χ4n) is 2.36. The molecule has 0 saturated carbocycles. The van der Waals surface area contributed by atoms with Crippen molar-refractivity contribution >= 4 is 39.4 Å². The summed E-state index contributed by atoms with van der Waals surface area (Å²) in [5.41, 5.74) is 5.02. The van der Waals surface area contributed by atoms with Crippen LogP contribution in [0.2, 0.25) is 0 Å². The second kappa shape index (κ2) is 9.57. The van der Waals surface area contributed by atoms with E-state index in [-0.39, 0.29) is 18.1 Å². The monoisotopic (exact) mass is 436 g/mol. The van der Waals surface area contributed by atoms with E-state index in [1.54, 1.807) is 12.1 Å². The minimum absolute atomic E-state index is 0.0301. The molecule has 0 spiro atoms. The van der Waals surface area contributed by atoms with Crippen LogP contribution in [0.15, 0.2) is 92.6 Å². The van der Waals surface area contributed by atoms with Gasteiger partial charge in [0.05, 0.1) is 24.0 Å². The van der Waals surface area contributed by atoms with Crippen LogP contribution in [0.5, 0.6) is 5.75 Å². The predicted octanol–water partition coefficient (Wildman–Crippen LogP) is 5.26. The van der Waals surface area contributed by atoms with Crippen molar-refractivity contribution in [2.45, 2.75) is 6.42 Å². The number of azo groups is 1. The Morgan fingerprint density at radius 1 is 0.964 bits per heavy atom. The van der Waals surface area contributed by atoms with E-state index in [1.807, 2.05) is 54.6 Å². The highest BCUT2D eigenvalue weighted by molar-refractivity contribution is 9.10. The van der Waals surface area contributed by atoms with E-state index in [1.165, 1.54) is 12.3 Å². The Bertz CT molecular complexity index is 1020. The van der Waals surface area contributed by atoms with Crippen molar-refractivity contribution in [1.82, 2.24) is 5.43 Å². The highest BCUT2D eigenvalue weighted by Gasteiger charge is 2.03. The summed E-state index contributed by atoms with van der Waals surface area (Å²) in [7, 11) is 0. The first-order valence-corrected chi connectivity index (χ1v) is 9.25. The smallest absolute Gasteiger partial charge is 0.244 e. The third kappa shape index (κ3) is 5.85. The molecule has 3 rings (SSSR count). The Hall–Kier alpha value is -3.32. The van der Waals surface area contributed by atoms with Gasteiger partial charge in [0.15, 0.2) is 0 Å². The average molecular weight is 437 g/mol. The van der Waals surface area contributed by atoms with Gasteiger partial charge in [0.25, 0.3) is 0 Å². The van der Waals surface area contributed by atoms with E-state index >= 15 is 0 Å². The van der Waals surface area contributed by atoms with Gasteiger partial charge < -0.3 is 5.11 Å². The molecule has 140 valence electrons. The Morgan fingerprint density at radius 3 is 2.46 bits per heavy atom. The number of amides is 1. The molecule has 2 N–H and O–H groups in total. The fourth-order valence-corrected chi connectivity index (χ4v) is 2.74. The number of halogens is 1. The zero-order chi connectivity index (χ0) is 19.8. The van der Waals surface area contributed by atoms with Crippen LogP contribution in [-0.4, -0.2) is 17.2 Å². The topological polar surface area (TPSA) is 86.4 Å². The molecule has 0 fully saturated rings. The van der Waals surface area contributed by atoms with Gasteiger partial charge in [-0.25, -0.2) is 5.43 Å². The summed E-state index contributed by atoms with van der Waals surface area (Å²) in [4.78, 5) is 11.9. The fraction of sp³-hybridized carbons (Fsp3) is 0.0476. The van der Waals surface area contributed by atoms with Gasteiger partial charge in [0.2, 0.25) is 5.91 Å². The van der Waals surface area contributed by atoms with Crippen LogP contribution >= 0.6 is 15.9 Å². The Morgan fingerprint density at radius 2 is 1.71 bits per heavy atom.